The Labute approximate surface area is 98.8 Å². The van der Waals surface area contributed by atoms with Crippen molar-refractivity contribution in [3.05, 3.63) is 38.0 Å². The summed E-state index contributed by atoms with van der Waals surface area (Å²) in [4.78, 5) is 4.44. The van der Waals surface area contributed by atoms with Gasteiger partial charge in [-0.25, -0.2) is 0 Å². The number of pyridine rings is 1. The van der Waals surface area contributed by atoms with Gasteiger partial charge in [-0.3, -0.25) is 4.98 Å². The van der Waals surface area contributed by atoms with Crippen LogP contribution < -0.4 is 0 Å². The van der Waals surface area contributed by atoms with Gasteiger partial charge in [0.15, 0.2) is 0 Å². The lowest BCUT2D eigenvalue weighted by Crippen LogP contribution is -1.85. The molecule has 0 aliphatic rings. The molecule has 1 aromatic carbocycles. The lowest BCUT2D eigenvalue weighted by atomic mass is 10.2. The van der Waals surface area contributed by atoms with E-state index in [0.717, 1.165) is 15.7 Å². The van der Waals surface area contributed by atoms with Gasteiger partial charge in [0.1, 0.15) is 0 Å². The molecule has 0 amide bonds. The van der Waals surface area contributed by atoms with Crippen LogP contribution in [-0.2, 0) is 0 Å². The van der Waals surface area contributed by atoms with Gasteiger partial charge >= 0.3 is 0 Å². The number of rotatable bonds is 0. The summed E-state index contributed by atoms with van der Waals surface area (Å²) in [7, 11) is 0. The summed E-state index contributed by atoms with van der Waals surface area (Å²) in [5, 5.41) is 1.18. The average Bonchev–Trinajstić information content (AvgIpc) is 2.06. The zero-order chi connectivity index (χ0) is 9.42. The van der Waals surface area contributed by atoms with Crippen LogP contribution >= 0.6 is 38.5 Å². The molecule has 0 radical (unpaired) electrons. The SMILES string of the molecule is Cc1cc(Br)c2cc(I)ccc2n1. The molecule has 0 aliphatic heterocycles. The molecule has 0 bridgehead atoms. The molecule has 1 heterocycles. The predicted octanol–water partition coefficient (Wildman–Crippen LogP) is 3.91. The molecular formula is C10H7BrIN. The van der Waals surface area contributed by atoms with Gasteiger partial charge in [0, 0.05) is 19.1 Å². The number of aromatic nitrogens is 1. The van der Waals surface area contributed by atoms with Crippen molar-refractivity contribution in [2.75, 3.05) is 0 Å². The topological polar surface area (TPSA) is 12.9 Å². The number of hydrogen-bond acceptors (Lipinski definition) is 1. The second-order valence-electron chi connectivity index (χ2n) is 2.91. The summed E-state index contributed by atoms with van der Waals surface area (Å²) in [6.45, 7) is 2.00. The first-order valence-electron chi connectivity index (χ1n) is 3.89. The molecule has 3 heteroatoms. The highest BCUT2D eigenvalue weighted by atomic mass is 127. The largest absolute Gasteiger partial charge is 0.253 e. The maximum absolute atomic E-state index is 4.44. The van der Waals surface area contributed by atoms with E-state index in [1.165, 1.54) is 8.96 Å². The van der Waals surface area contributed by atoms with Crippen molar-refractivity contribution in [3.8, 4) is 0 Å². The first-order valence-corrected chi connectivity index (χ1v) is 5.76. The fraction of sp³-hybridized carbons (Fsp3) is 0.100. The zero-order valence-electron chi connectivity index (χ0n) is 7.01. The highest BCUT2D eigenvalue weighted by molar-refractivity contribution is 14.1. The van der Waals surface area contributed by atoms with Gasteiger partial charge in [-0.1, -0.05) is 15.9 Å². The number of aryl methyl sites for hydroxylation is 1. The number of hydrogen-bond donors (Lipinski definition) is 0. The zero-order valence-corrected chi connectivity index (χ0v) is 10.8. The van der Waals surface area contributed by atoms with E-state index in [-0.39, 0.29) is 0 Å². The Morgan fingerprint density at radius 2 is 2.08 bits per heavy atom. The summed E-state index contributed by atoms with van der Waals surface area (Å²) in [6.07, 6.45) is 0. The van der Waals surface area contributed by atoms with E-state index in [1.807, 2.05) is 13.0 Å². The van der Waals surface area contributed by atoms with Crippen LogP contribution in [0.25, 0.3) is 10.9 Å². The maximum atomic E-state index is 4.44. The minimum absolute atomic E-state index is 1.04. The van der Waals surface area contributed by atoms with Gasteiger partial charge in [-0.15, -0.1) is 0 Å². The first kappa shape index (κ1) is 9.40. The minimum atomic E-state index is 1.04. The maximum Gasteiger partial charge on any atom is 0.0717 e. The second kappa shape index (κ2) is 3.53. The highest BCUT2D eigenvalue weighted by Gasteiger charge is 2.01. The van der Waals surface area contributed by atoms with Crippen LogP contribution in [0.4, 0.5) is 0 Å². The van der Waals surface area contributed by atoms with E-state index in [2.05, 4.69) is 61.7 Å². The van der Waals surface area contributed by atoms with Crippen LogP contribution in [0.5, 0.6) is 0 Å². The second-order valence-corrected chi connectivity index (χ2v) is 5.01. The van der Waals surface area contributed by atoms with Crippen molar-refractivity contribution in [1.82, 2.24) is 4.98 Å². The molecule has 0 saturated carbocycles. The highest BCUT2D eigenvalue weighted by Crippen LogP contribution is 2.24. The summed E-state index contributed by atoms with van der Waals surface area (Å²) in [5.74, 6) is 0. The van der Waals surface area contributed by atoms with Gasteiger partial charge < -0.3 is 0 Å². The van der Waals surface area contributed by atoms with E-state index in [4.69, 9.17) is 0 Å². The molecule has 1 nitrogen and oxygen atoms in total. The molecule has 0 aliphatic carbocycles. The third kappa shape index (κ3) is 1.86. The molecule has 0 N–H and O–H groups in total. The molecular weight excluding hydrogens is 341 g/mol. The summed E-state index contributed by atoms with van der Waals surface area (Å²) >= 11 is 5.84. The van der Waals surface area contributed by atoms with Crippen molar-refractivity contribution >= 4 is 49.4 Å². The lowest BCUT2D eigenvalue weighted by molar-refractivity contribution is 1.25. The molecule has 2 aromatic rings. The van der Waals surface area contributed by atoms with E-state index >= 15 is 0 Å². The van der Waals surface area contributed by atoms with Gasteiger partial charge in [-0.05, 0) is 53.8 Å². The predicted molar refractivity (Wildman–Crippen MR) is 66.9 cm³/mol. The number of benzene rings is 1. The number of halogens is 2. The van der Waals surface area contributed by atoms with Crippen LogP contribution in [0.1, 0.15) is 5.69 Å². The lowest BCUT2D eigenvalue weighted by Gasteiger charge is -2.02. The van der Waals surface area contributed by atoms with Crippen LogP contribution in [-0.4, -0.2) is 4.98 Å². The summed E-state index contributed by atoms with van der Waals surface area (Å²) < 4.78 is 2.35. The van der Waals surface area contributed by atoms with Crippen molar-refractivity contribution < 1.29 is 0 Å². The van der Waals surface area contributed by atoms with Gasteiger partial charge in [-0.2, -0.15) is 0 Å². The van der Waals surface area contributed by atoms with E-state index < -0.39 is 0 Å². The van der Waals surface area contributed by atoms with Crippen LogP contribution in [0.15, 0.2) is 28.7 Å². The smallest absolute Gasteiger partial charge is 0.0717 e. The normalized spacial score (nSPS) is 10.7. The van der Waals surface area contributed by atoms with Crippen LogP contribution in [0.2, 0.25) is 0 Å². The van der Waals surface area contributed by atoms with Crippen molar-refractivity contribution in [2.24, 2.45) is 0 Å². The molecule has 1 aromatic heterocycles. The summed E-state index contributed by atoms with van der Waals surface area (Å²) in [5.41, 5.74) is 2.09. The van der Waals surface area contributed by atoms with Gasteiger partial charge in [0.25, 0.3) is 0 Å². The standard InChI is InChI=1S/C10H7BrIN/c1-6-4-9(11)8-5-7(12)2-3-10(8)13-6/h2-5H,1H3. The van der Waals surface area contributed by atoms with Crippen LogP contribution in [0, 0.1) is 10.5 Å². The van der Waals surface area contributed by atoms with E-state index in [1.54, 1.807) is 0 Å². The van der Waals surface area contributed by atoms with Crippen molar-refractivity contribution in [2.45, 2.75) is 6.92 Å². The molecule has 0 spiro atoms. The third-order valence-electron chi connectivity index (χ3n) is 1.85. The fourth-order valence-electron chi connectivity index (χ4n) is 1.28. The monoisotopic (exact) mass is 347 g/mol. The first-order chi connectivity index (χ1) is 6.16. The van der Waals surface area contributed by atoms with Crippen molar-refractivity contribution in [1.29, 1.82) is 0 Å². The Morgan fingerprint density at radius 1 is 1.31 bits per heavy atom. The van der Waals surface area contributed by atoms with Gasteiger partial charge in [0.05, 0.1) is 5.52 Å². The van der Waals surface area contributed by atoms with E-state index in [0.29, 0.717) is 0 Å². The quantitative estimate of drug-likeness (QED) is 0.658. The minimum Gasteiger partial charge on any atom is -0.253 e. The van der Waals surface area contributed by atoms with Crippen molar-refractivity contribution in [3.63, 3.8) is 0 Å². The molecule has 0 saturated heterocycles. The number of fused-ring (bicyclic) bond motifs is 1. The molecule has 0 atom stereocenters. The average molecular weight is 348 g/mol. The number of nitrogens with zero attached hydrogens (tertiary/aromatic N) is 1. The van der Waals surface area contributed by atoms with Crippen LogP contribution in [0.3, 0.4) is 0 Å². The molecule has 66 valence electrons. The molecule has 13 heavy (non-hydrogen) atoms. The third-order valence-corrected chi connectivity index (χ3v) is 3.18. The Balaban J connectivity index is 2.87. The Bertz CT molecular complexity index is 468. The Morgan fingerprint density at radius 3 is 2.85 bits per heavy atom. The molecule has 0 unspecified atom stereocenters. The molecule has 0 fully saturated rings. The Kier molecular flexibility index (Phi) is 2.55. The summed E-state index contributed by atoms with van der Waals surface area (Å²) in [6, 6.07) is 8.29. The van der Waals surface area contributed by atoms with Gasteiger partial charge in [0.2, 0.25) is 0 Å². The molecule has 2 rings (SSSR count). The van der Waals surface area contributed by atoms with E-state index in [9.17, 15) is 0 Å². The fourth-order valence-corrected chi connectivity index (χ4v) is 2.42. The Hall–Kier alpha value is -0.160.